The second-order valence-corrected chi connectivity index (χ2v) is 4.95. The fourth-order valence-corrected chi connectivity index (χ4v) is 1.88. The molecule has 0 aliphatic heterocycles. The van der Waals surface area contributed by atoms with Gasteiger partial charge >= 0.3 is 12.0 Å². The Morgan fingerprint density at radius 1 is 1.38 bits per heavy atom. The van der Waals surface area contributed by atoms with Crippen LogP contribution < -0.4 is 5.32 Å². The maximum atomic E-state index is 13.8. The highest BCUT2D eigenvalue weighted by atomic mass is 19.1. The van der Waals surface area contributed by atoms with Crippen molar-refractivity contribution in [1.29, 1.82) is 0 Å². The quantitative estimate of drug-likeness (QED) is 0.845. The van der Waals surface area contributed by atoms with Crippen molar-refractivity contribution in [3.05, 3.63) is 29.6 Å². The van der Waals surface area contributed by atoms with Crippen molar-refractivity contribution in [3.8, 4) is 0 Å². The van der Waals surface area contributed by atoms with Gasteiger partial charge in [-0.15, -0.1) is 0 Å². The highest BCUT2D eigenvalue weighted by Gasteiger charge is 2.20. The van der Waals surface area contributed by atoms with Crippen molar-refractivity contribution in [2.75, 3.05) is 18.4 Å². The molecule has 6 heteroatoms. The lowest BCUT2D eigenvalue weighted by molar-refractivity contribution is 0.0697. The number of anilines is 1. The third-order valence-electron chi connectivity index (χ3n) is 3.37. The van der Waals surface area contributed by atoms with Crippen LogP contribution in [0.2, 0.25) is 0 Å². The van der Waals surface area contributed by atoms with Crippen molar-refractivity contribution in [3.63, 3.8) is 0 Å². The SMILES string of the molecule is CCC(C)CN(CC)C(=O)Nc1c(F)cccc1C(=O)O. The van der Waals surface area contributed by atoms with Gasteiger partial charge in [-0.05, 0) is 25.0 Å². The number of hydrogen-bond donors (Lipinski definition) is 2. The van der Waals surface area contributed by atoms with Crippen LogP contribution in [0.4, 0.5) is 14.9 Å². The predicted molar refractivity (Wildman–Crippen MR) is 79.1 cm³/mol. The maximum Gasteiger partial charge on any atom is 0.337 e. The summed E-state index contributed by atoms with van der Waals surface area (Å²) in [5.74, 6) is -1.73. The molecule has 0 aromatic heterocycles. The molecule has 2 N–H and O–H groups in total. The average Bonchev–Trinajstić information content (AvgIpc) is 2.45. The number of carbonyl (C=O) groups excluding carboxylic acids is 1. The number of carboxylic acid groups (broad SMARTS) is 1. The Morgan fingerprint density at radius 3 is 2.57 bits per heavy atom. The predicted octanol–water partition coefficient (Wildman–Crippen LogP) is 3.42. The summed E-state index contributed by atoms with van der Waals surface area (Å²) in [4.78, 5) is 24.8. The zero-order chi connectivity index (χ0) is 16.0. The lowest BCUT2D eigenvalue weighted by Gasteiger charge is -2.24. The first-order valence-corrected chi connectivity index (χ1v) is 6.98. The number of carboxylic acids is 1. The van der Waals surface area contributed by atoms with Gasteiger partial charge in [-0.25, -0.2) is 14.0 Å². The molecule has 1 aromatic carbocycles. The molecule has 1 rings (SSSR count). The number of hydrogen-bond acceptors (Lipinski definition) is 2. The van der Waals surface area contributed by atoms with E-state index in [1.54, 1.807) is 0 Å². The van der Waals surface area contributed by atoms with E-state index >= 15 is 0 Å². The second kappa shape index (κ2) is 7.61. The van der Waals surface area contributed by atoms with Crippen LogP contribution in [0.5, 0.6) is 0 Å². The van der Waals surface area contributed by atoms with Crippen molar-refractivity contribution in [2.45, 2.75) is 27.2 Å². The van der Waals surface area contributed by atoms with Crippen LogP contribution in [0.3, 0.4) is 0 Å². The summed E-state index contributed by atoms with van der Waals surface area (Å²) in [5, 5.41) is 11.4. The Kier molecular flexibility index (Phi) is 6.14. The molecule has 0 aliphatic carbocycles. The van der Waals surface area contributed by atoms with E-state index in [-0.39, 0.29) is 11.3 Å². The number of nitrogens with one attached hydrogen (secondary N) is 1. The fourth-order valence-electron chi connectivity index (χ4n) is 1.88. The Bertz CT molecular complexity index is 520. The molecular weight excluding hydrogens is 275 g/mol. The molecule has 0 saturated heterocycles. The Balaban J connectivity index is 2.94. The maximum absolute atomic E-state index is 13.8. The number of urea groups is 1. The lowest BCUT2D eigenvalue weighted by Crippen LogP contribution is -2.38. The number of halogens is 1. The van der Waals surface area contributed by atoms with E-state index in [2.05, 4.69) is 5.32 Å². The smallest absolute Gasteiger partial charge is 0.337 e. The molecule has 0 heterocycles. The Labute approximate surface area is 123 Å². The molecule has 21 heavy (non-hydrogen) atoms. The number of benzene rings is 1. The van der Waals surface area contributed by atoms with E-state index in [0.717, 1.165) is 12.5 Å². The van der Waals surface area contributed by atoms with Crippen LogP contribution in [-0.4, -0.2) is 35.1 Å². The molecule has 0 aliphatic rings. The molecule has 1 unspecified atom stereocenters. The summed E-state index contributed by atoms with van der Waals surface area (Å²) in [7, 11) is 0. The molecule has 116 valence electrons. The van der Waals surface area contributed by atoms with E-state index < -0.39 is 17.8 Å². The zero-order valence-corrected chi connectivity index (χ0v) is 12.5. The standard InChI is InChI=1S/C15H21FN2O3/c1-4-10(3)9-18(5-2)15(21)17-13-11(14(19)20)7-6-8-12(13)16/h6-8,10H,4-5,9H2,1-3H3,(H,17,21)(H,19,20). The second-order valence-electron chi connectivity index (χ2n) is 4.95. The first kappa shape index (κ1) is 16.9. The minimum atomic E-state index is -1.28. The zero-order valence-electron chi connectivity index (χ0n) is 12.5. The summed E-state index contributed by atoms with van der Waals surface area (Å²) in [6.07, 6.45) is 0.920. The normalized spacial score (nSPS) is 11.8. The van der Waals surface area contributed by atoms with Gasteiger partial charge in [0.25, 0.3) is 0 Å². The molecule has 0 fully saturated rings. The number of rotatable bonds is 6. The molecule has 0 bridgehead atoms. The molecule has 2 amide bonds. The van der Waals surface area contributed by atoms with E-state index in [9.17, 15) is 14.0 Å². The molecule has 0 radical (unpaired) electrons. The molecule has 1 aromatic rings. The summed E-state index contributed by atoms with van der Waals surface area (Å²) in [6, 6.07) is 3.18. The third kappa shape index (κ3) is 4.44. The molecular formula is C15H21FN2O3. The number of para-hydroxylation sites is 1. The van der Waals surface area contributed by atoms with E-state index in [1.807, 2.05) is 20.8 Å². The van der Waals surface area contributed by atoms with Crippen molar-refractivity contribution in [1.82, 2.24) is 4.90 Å². The highest BCUT2D eigenvalue weighted by Crippen LogP contribution is 2.20. The monoisotopic (exact) mass is 296 g/mol. The van der Waals surface area contributed by atoms with Gasteiger partial charge in [0.05, 0.1) is 11.3 Å². The van der Waals surface area contributed by atoms with Gasteiger partial charge in [0.15, 0.2) is 0 Å². The van der Waals surface area contributed by atoms with Crippen LogP contribution in [0.1, 0.15) is 37.6 Å². The third-order valence-corrected chi connectivity index (χ3v) is 3.37. The van der Waals surface area contributed by atoms with Gasteiger partial charge < -0.3 is 15.3 Å². The number of aromatic carboxylic acids is 1. The summed E-state index contributed by atoms with van der Waals surface area (Å²) in [5.41, 5.74) is -0.555. The lowest BCUT2D eigenvalue weighted by atomic mass is 10.1. The van der Waals surface area contributed by atoms with Crippen molar-refractivity contribution in [2.24, 2.45) is 5.92 Å². The van der Waals surface area contributed by atoms with Crippen LogP contribution in [0.25, 0.3) is 0 Å². The fraction of sp³-hybridized carbons (Fsp3) is 0.467. The van der Waals surface area contributed by atoms with Crippen molar-refractivity contribution >= 4 is 17.7 Å². The average molecular weight is 296 g/mol. The van der Waals surface area contributed by atoms with Crippen LogP contribution in [-0.2, 0) is 0 Å². The first-order chi connectivity index (χ1) is 9.90. The topological polar surface area (TPSA) is 69.6 Å². The van der Waals surface area contributed by atoms with Gasteiger partial charge in [-0.3, -0.25) is 0 Å². The minimum absolute atomic E-state index is 0.261. The molecule has 0 spiro atoms. The summed E-state index contributed by atoms with van der Waals surface area (Å²) in [6.45, 7) is 6.86. The number of amides is 2. The Hall–Kier alpha value is -2.11. The van der Waals surface area contributed by atoms with Crippen LogP contribution >= 0.6 is 0 Å². The minimum Gasteiger partial charge on any atom is -0.478 e. The van der Waals surface area contributed by atoms with Crippen molar-refractivity contribution < 1.29 is 19.1 Å². The molecule has 1 atom stereocenters. The largest absolute Gasteiger partial charge is 0.478 e. The number of carbonyl (C=O) groups is 2. The van der Waals surface area contributed by atoms with E-state index in [4.69, 9.17) is 5.11 Å². The van der Waals surface area contributed by atoms with Crippen LogP contribution in [0.15, 0.2) is 18.2 Å². The van der Waals surface area contributed by atoms with Crippen LogP contribution in [0, 0.1) is 11.7 Å². The Morgan fingerprint density at radius 2 is 2.05 bits per heavy atom. The first-order valence-electron chi connectivity index (χ1n) is 6.98. The van der Waals surface area contributed by atoms with E-state index in [1.165, 1.54) is 17.0 Å². The van der Waals surface area contributed by atoms with Gasteiger partial charge in [-0.2, -0.15) is 0 Å². The molecule has 5 nitrogen and oxygen atoms in total. The van der Waals surface area contributed by atoms with Gasteiger partial charge in [-0.1, -0.05) is 26.3 Å². The van der Waals surface area contributed by atoms with Gasteiger partial charge in [0.2, 0.25) is 0 Å². The summed E-state index contributed by atoms with van der Waals surface area (Å²) >= 11 is 0. The molecule has 0 saturated carbocycles. The summed E-state index contributed by atoms with van der Waals surface area (Å²) < 4.78 is 13.8. The number of nitrogens with zero attached hydrogens (tertiary/aromatic N) is 1. The van der Waals surface area contributed by atoms with Gasteiger partial charge in [0, 0.05) is 13.1 Å². The van der Waals surface area contributed by atoms with Gasteiger partial charge in [0.1, 0.15) is 5.82 Å². The van der Waals surface area contributed by atoms with E-state index in [0.29, 0.717) is 19.0 Å². The highest BCUT2D eigenvalue weighted by molar-refractivity contribution is 6.00.